The minimum absolute atomic E-state index is 0.0887. The van der Waals surface area contributed by atoms with Gasteiger partial charge in [-0.3, -0.25) is 4.79 Å². The molecule has 0 fully saturated rings. The van der Waals surface area contributed by atoms with E-state index < -0.39 is 15.9 Å². The van der Waals surface area contributed by atoms with Gasteiger partial charge in [0.15, 0.2) is 6.61 Å². The molecule has 3 rings (SSSR count). The topological polar surface area (TPSA) is 76.2 Å². The molecule has 9 heteroatoms. The SMILES string of the molecule is CN(C)CCN(Cc1ccc(OS(=O)(=O)c2ccc(F)cc2)cc1)C(=O)COc1ccccc1. The van der Waals surface area contributed by atoms with Crippen LogP contribution in [0.2, 0.25) is 0 Å². The van der Waals surface area contributed by atoms with E-state index in [0.29, 0.717) is 25.4 Å². The molecule has 7 nitrogen and oxygen atoms in total. The summed E-state index contributed by atoms with van der Waals surface area (Å²) in [5.41, 5.74) is 0.804. The summed E-state index contributed by atoms with van der Waals surface area (Å²) in [5.74, 6) is 0.0367. The number of hydrogen-bond acceptors (Lipinski definition) is 6. The monoisotopic (exact) mass is 486 g/mol. The van der Waals surface area contributed by atoms with Crippen molar-refractivity contribution in [3.8, 4) is 11.5 Å². The molecule has 1 amide bonds. The fraction of sp³-hybridized carbons (Fsp3) is 0.240. The van der Waals surface area contributed by atoms with Crippen LogP contribution in [-0.2, 0) is 21.5 Å². The lowest BCUT2D eigenvalue weighted by molar-refractivity contribution is -0.134. The fourth-order valence-electron chi connectivity index (χ4n) is 3.01. The Bertz CT molecular complexity index is 1170. The molecule has 0 bridgehead atoms. The summed E-state index contributed by atoms with van der Waals surface area (Å²) in [7, 11) is -0.230. The number of ether oxygens (including phenoxy) is 1. The van der Waals surface area contributed by atoms with Gasteiger partial charge in [0.05, 0.1) is 0 Å². The maximum Gasteiger partial charge on any atom is 0.339 e. The predicted molar refractivity (Wildman–Crippen MR) is 127 cm³/mol. The van der Waals surface area contributed by atoms with Crippen LogP contribution < -0.4 is 8.92 Å². The molecule has 3 aromatic rings. The zero-order valence-corrected chi connectivity index (χ0v) is 19.9. The van der Waals surface area contributed by atoms with Crippen LogP contribution in [0.3, 0.4) is 0 Å². The van der Waals surface area contributed by atoms with Gasteiger partial charge in [0.25, 0.3) is 5.91 Å². The molecule has 0 radical (unpaired) electrons. The van der Waals surface area contributed by atoms with E-state index in [9.17, 15) is 17.6 Å². The van der Waals surface area contributed by atoms with E-state index in [-0.39, 0.29) is 23.2 Å². The van der Waals surface area contributed by atoms with Crippen LogP contribution in [0.5, 0.6) is 11.5 Å². The highest BCUT2D eigenvalue weighted by molar-refractivity contribution is 7.87. The molecule has 0 N–H and O–H groups in total. The van der Waals surface area contributed by atoms with Crippen LogP contribution in [0.15, 0.2) is 83.8 Å². The molecule has 0 aliphatic heterocycles. The van der Waals surface area contributed by atoms with Crippen LogP contribution in [0.4, 0.5) is 4.39 Å². The van der Waals surface area contributed by atoms with Crippen LogP contribution >= 0.6 is 0 Å². The van der Waals surface area contributed by atoms with Gasteiger partial charge in [-0.25, -0.2) is 4.39 Å². The fourth-order valence-corrected chi connectivity index (χ4v) is 3.94. The summed E-state index contributed by atoms with van der Waals surface area (Å²) in [5, 5.41) is 0. The molecule has 0 unspecified atom stereocenters. The Hall–Kier alpha value is -3.43. The summed E-state index contributed by atoms with van der Waals surface area (Å²) in [6.07, 6.45) is 0. The number of carbonyl (C=O) groups excluding carboxylic acids is 1. The summed E-state index contributed by atoms with van der Waals surface area (Å²) in [4.78, 5) is 16.3. The number of likely N-dealkylation sites (N-methyl/N-ethyl adjacent to an activating group) is 1. The largest absolute Gasteiger partial charge is 0.484 e. The first-order valence-electron chi connectivity index (χ1n) is 10.6. The highest BCUT2D eigenvalue weighted by atomic mass is 32.2. The number of hydrogen-bond donors (Lipinski definition) is 0. The average molecular weight is 487 g/mol. The number of benzene rings is 3. The molecule has 34 heavy (non-hydrogen) atoms. The lowest BCUT2D eigenvalue weighted by Gasteiger charge is -2.24. The maximum atomic E-state index is 13.1. The summed E-state index contributed by atoms with van der Waals surface area (Å²) in [6.45, 7) is 1.42. The Morgan fingerprint density at radius 3 is 2.12 bits per heavy atom. The minimum Gasteiger partial charge on any atom is -0.484 e. The van der Waals surface area contributed by atoms with E-state index in [1.54, 1.807) is 29.2 Å². The quantitative estimate of drug-likeness (QED) is 0.386. The van der Waals surface area contributed by atoms with Gasteiger partial charge >= 0.3 is 10.1 Å². The molecule has 0 atom stereocenters. The van der Waals surface area contributed by atoms with E-state index in [0.717, 1.165) is 29.8 Å². The van der Waals surface area contributed by atoms with Crippen molar-refractivity contribution in [1.82, 2.24) is 9.80 Å². The first-order valence-corrected chi connectivity index (χ1v) is 12.0. The van der Waals surface area contributed by atoms with Gasteiger partial charge in [-0.1, -0.05) is 30.3 Å². The van der Waals surface area contributed by atoms with Crippen molar-refractivity contribution in [2.75, 3.05) is 33.8 Å². The number of carbonyl (C=O) groups is 1. The van der Waals surface area contributed by atoms with Crippen molar-refractivity contribution in [3.63, 3.8) is 0 Å². The van der Waals surface area contributed by atoms with Gasteiger partial charge in [0, 0.05) is 19.6 Å². The smallest absolute Gasteiger partial charge is 0.339 e. The Labute approximate surface area is 199 Å². The molecule has 0 heterocycles. The first kappa shape index (κ1) is 25.2. The van der Waals surface area contributed by atoms with Gasteiger partial charge in [-0.2, -0.15) is 8.42 Å². The highest BCUT2D eigenvalue weighted by Crippen LogP contribution is 2.20. The van der Waals surface area contributed by atoms with Crippen molar-refractivity contribution >= 4 is 16.0 Å². The molecular weight excluding hydrogens is 459 g/mol. The molecule has 0 spiro atoms. The molecule has 0 aliphatic carbocycles. The second kappa shape index (κ2) is 11.6. The average Bonchev–Trinajstić information content (AvgIpc) is 2.82. The molecule has 0 aliphatic rings. The number of rotatable bonds is 11. The Morgan fingerprint density at radius 2 is 1.50 bits per heavy atom. The van der Waals surface area contributed by atoms with Crippen LogP contribution in [-0.4, -0.2) is 57.9 Å². The van der Waals surface area contributed by atoms with Crippen LogP contribution in [0.25, 0.3) is 0 Å². The normalized spacial score (nSPS) is 11.3. The van der Waals surface area contributed by atoms with Gasteiger partial charge in [-0.15, -0.1) is 0 Å². The summed E-state index contributed by atoms with van der Waals surface area (Å²) in [6, 6.07) is 20.0. The number of nitrogens with zero attached hydrogens (tertiary/aromatic N) is 2. The highest BCUT2D eigenvalue weighted by Gasteiger charge is 2.18. The third kappa shape index (κ3) is 7.57. The molecule has 0 saturated carbocycles. The Kier molecular flexibility index (Phi) is 8.61. The Morgan fingerprint density at radius 1 is 0.853 bits per heavy atom. The van der Waals surface area contributed by atoms with E-state index in [4.69, 9.17) is 8.92 Å². The standard InChI is InChI=1S/C25H27FN2O5S/c1-27(2)16-17-28(25(29)19-32-22-6-4-3-5-7-22)18-20-8-12-23(13-9-20)33-34(30,31)24-14-10-21(26)11-15-24/h3-15H,16-19H2,1-2H3. The first-order chi connectivity index (χ1) is 16.2. The summed E-state index contributed by atoms with van der Waals surface area (Å²) >= 11 is 0. The number of halogens is 1. The van der Waals surface area contributed by atoms with Crippen LogP contribution in [0.1, 0.15) is 5.56 Å². The van der Waals surface area contributed by atoms with Gasteiger partial charge in [0.2, 0.25) is 0 Å². The second-order valence-corrected chi connectivity index (χ2v) is 9.40. The molecular formula is C25H27FN2O5S. The van der Waals surface area contributed by atoms with Crippen molar-refractivity contribution in [1.29, 1.82) is 0 Å². The second-order valence-electron chi connectivity index (χ2n) is 7.86. The van der Waals surface area contributed by atoms with Crippen molar-refractivity contribution in [3.05, 3.63) is 90.2 Å². The van der Waals surface area contributed by atoms with Gasteiger partial charge in [-0.05, 0) is 68.2 Å². The van der Waals surface area contributed by atoms with Crippen molar-refractivity contribution in [2.24, 2.45) is 0 Å². The zero-order valence-electron chi connectivity index (χ0n) is 19.1. The van der Waals surface area contributed by atoms with Crippen molar-refractivity contribution < 1.29 is 26.5 Å². The molecule has 0 aromatic heterocycles. The molecule has 0 saturated heterocycles. The predicted octanol–water partition coefficient (Wildman–Crippen LogP) is 3.56. The van der Waals surface area contributed by atoms with Gasteiger partial charge in [0.1, 0.15) is 22.2 Å². The lowest BCUT2D eigenvalue weighted by atomic mass is 10.2. The third-order valence-electron chi connectivity index (χ3n) is 4.88. The van der Waals surface area contributed by atoms with E-state index in [1.807, 2.05) is 37.2 Å². The van der Waals surface area contributed by atoms with E-state index in [1.165, 1.54) is 12.1 Å². The lowest BCUT2D eigenvalue weighted by Crippen LogP contribution is -2.38. The van der Waals surface area contributed by atoms with E-state index >= 15 is 0 Å². The van der Waals surface area contributed by atoms with Crippen LogP contribution in [0, 0.1) is 5.82 Å². The molecule has 180 valence electrons. The number of amides is 1. The maximum absolute atomic E-state index is 13.1. The van der Waals surface area contributed by atoms with Gasteiger partial charge < -0.3 is 18.7 Å². The van der Waals surface area contributed by atoms with E-state index in [2.05, 4.69) is 0 Å². The number of para-hydroxylation sites is 1. The summed E-state index contributed by atoms with van der Waals surface area (Å²) < 4.78 is 48.6. The minimum atomic E-state index is -4.08. The third-order valence-corrected chi connectivity index (χ3v) is 6.14. The zero-order chi connectivity index (χ0) is 24.6. The molecule has 3 aromatic carbocycles. The van der Waals surface area contributed by atoms with Crippen molar-refractivity contribution in [2.45, 2.75) is 11.4 Å². The Balaban J connectivity index is 1.65.